The molecule has 0 aliphatic rings. The lowest BCUT2D eigenvalue weighted by Gasteiger charge is -2.09. The molecule has 0 heterocycles. The van der Waals surface area contributed by atoms with Gasteiger partial charge in [0.2, 0.25) is 5.91 Å². The van der Waals surface area contributed by atoms with Crippen molar-refractivity contribution in [1.29, 1.82) is 0 Å². The van der Waals surface area contributed by atoms with Crippen molar-refractivity contribution in [3.8, 4) is 11.5 Å². The summed E-state index contributed by atoms with van der Waals surface area (Å²) in [5, 5.41) is 4.00. The lowest BCUT2D eigenvalue weighted by atomic mass is 10.1. The summed E-state index contributed by atoms with van der Waals surface area (Å²) in [4.78, 5) is 11.9. The number of rotatable bonds is 8. The maximum absolute atomic E-state index is 11.9. The number of carbonyl (C=O) groups excluding carboxylic acids is 1. The van der Waals surface area contributed by atoms with Gasteiger partial charge in [-0.05, 0) is 48.2 Å². The number of benzene rings is 2. The van der Waals surface area contributed by atoms with Gasteiger partial charge in [0, 0.05) is 0 Å². The number of hydrogen-bond acceptors (Lipinski definition) is 4. The average molecular weight is 340 g/mol. The minimum atomic E-state index is -0.154. The molecule has 0 saturated heterocycles. The van der Waals surface area contributed by atoms with Crippen LogP contribution >= 0.6 is 0 Å². The average Bonchev–Trinajstić information content (AvgIpc) is 2.63. The Morgan fingerprint density at radius 1 is 1.08 bits per heavy atom. The van der Waals surface area contributed by atoms with Gasteiger partial charge >= 0.3 is 0 Å². The van der Waals surface area contributed by atoms with Crippen LogP contribution in [0, 0.1) is 0 Å². The van der Waals surface area contributed by atoms with Crippen molar-refractivity contribution in [2.75, 3.05) is 13.7 Å². The molecule has 25 heavy (non-hydrogen) atoms. The van der Waals surface area contributed by atoms with Gasteiger partial charge in [-0.15, -0.1) is 0 Å². The van der Waals surface area contributed by atoms with E-state index in [1.165, 1.54) is 5.56 Å². The maximum Gasteiger partial charge on any atom is 0.244 e. The van der Waals surface area contributed by atoms with Gasteiger partial charge in [0.15, 0.2) is 11.5 Å². The van der Waals surface area contributed by atoms with Gasteiger partial charge in [-0.1, -0.05) is 31.2 Å². The molecule has 132 valence electrons. The van der Waals surface area contributed by atoms with E-state index in [4.69, 9.17) is 9.47 Å². The minimum absolute atomic E-state index is 0.154. The summed E-state index contributed by atoms with van der Waals surface area (Å²) in [5.74, 6) is 1.16. The number of carbonyl (C=O) groups is 1. The second kappa shape index (κ2) is 9.47. The number of nitrogens with one attached hydrogen (secondary N) is 1. The highest BCUT2D eigenvalue weighted by Crippen LogP contribution is 2.27. The molecule has 0 aliphatic heterocycles. The zero-order valence-corrected chi connectivity index (χ0v) is 14.9. The molecule has 2 aromatic carbocycles. The number of methoxy groups -OCH3 is 1. The van der Waals surface area contributed by atoms with Crippen molar-refractivity contribution in [2.45, 2.75) is 26.7 Å². The smallest absolute Gasteiger partial charge is 0.244 e. The largest absolute Gasteiger partial charge is 0.493 e. The van der Waals surface area contributed by atoms with Gasteiger partial charge in [0.25, 0.3) is 0 Å². The van der Waals surface area contributed by atoms with Crippen LogP contribution in [-0.4, -0.2) is 25.8 Å². The van der Waals surface area contributed by atoms with Gasteiger partial charge in [-0.2, -0.15) is 5.10 Å². The van der Waals surface area contributed by atoms with Crippen LogP contribution in [0.4, 0.5) is 0 Å². The van der Waals surface area contributed by atoms with Crippen LogP contribution in [0.2, 0.25) is 0 Å². The van der Waals surface area contributed by atoms with Crippen molar-refractivity contribution in [3.05, 3.63) is 59.2 Å². The first-order valence-electron chi connectivity index (χ1n) is 8.36. The first-order valence-corrected chi connectivity index (χ1v) is 8.36. The molecule has 0 bridgehead atoms. The van der Waals surface area contributed by atoms with Gasteiger partial charge in [-0.3, -0.25) is 4.79 Å². The van der Waals surface area contributed by atoms with E-state index in [-0.39, 0.29) is 5.91 Å². The number of hydrogen-bond donors (Lipinski definition) is 1. The first-order chi connectivity index (χ1) is 12.2. The van der Waals surface area contributed by atoms with Gasteiger partial charge in [0.1, 0.15) is 0 Å². The van der Waals surface area contributed by atoms with Crippen LogP contribution < -0.4 is 14.9 Å². The third-order valence-corrected chi connectivity index (χ3v) is 3.69. The topological polar surface area (TPSA) is 59.9 Å². The Morgan fingerprint density at radius 2 is 1.80 bits per heavy atom. The maximum atomic E-state index is 11.9. The van der Waals surface area contributed by atoms with Crippen LogP contribution in [-0.2, 0) is 17.6 Å². The van der Waals surface area contributed by atoms with Crippen molar-refractivity contribution in [2.24, 2.45) is 5.10 Å². The van der Waals surface area contributed by atoms with Crippen LogP contribution in [0.3, 0.4) is 0 Å². The number of ether oxygens (including phenoxy) is 2. The highest BCUT2D eigenvalue weighted by molar-refractivity contribution is 5.84. The van der Waals surface area contributed by atoms with E-state index in [1.807, 2.05) is 49.4 Å². The Morgan fingerprint density at radius 3 is 2.44 bits per heavy atom. The Kier molecular flexibility index (Phi) is 7.01. The predicted molar refractivity (Wildman–Crippen MR) is 99.4 cm³/mol. The van der Waals surface area contributed by atoms with E-state index >= 15 is 0 Å². The molecule has 0 aliphatic carbocycles. The van der Waals surface area contributed by atoms with Crippen LogP contribution in [0.15, 0.2) is 47.6 Å². The van der Waals surface area contributed by atoms with Gasteiger partial charge in [0.05, 0.1) is 26.4 Å². The number of nitrogens with zero attached hydrogens (tertiary/aromatic N) is 1. The molecule has 0 saturated carbocycles. The molecule has 0 radical (unpaired) electrons. The fraction of sp³-hybridized carbons (Fsp3) is 0.300. The fourth-order valence-electron chi connectivity index (χ4n) is 2.34. The van der Waals surface area contributed by atoms with Crippen molar-refractivity contribution in [3.63, 3.8) is 0 Å². The highest BCUT2D eigenvalue weighted by Gasteiger charge is 2.05. The van der Waals surface area contributed by atoms with E-state index < -0.39 is 0 Å². The van der Waals surface area contributed by atoms with Crippen molar-refractivity contribution in [1.82, 2.24) is 5.43 Å². The number of aryl methyl sites for hydroxylation is 1. The fourth-order valence-corrected chi connectivity index (χ4v) is 2.34. The van der Waals surface area contributed by atoms with Crippen LogP contribution in [0.25, 0.3) is 0 Å². The summed E-state index contributed by atoms with van der Waals surface area (Å²) in [6.07, 6.45) is 2.87. The van der Waals surface area contributed by atoms with E-state index in [0.29, 0.717) is 24.5 Å². The van der Waals surface area contributed by atoms with Crippen LogP contribution in [0.5, 0.6) is 11.5 Å². The number of hydrazone groups is 1. The summed E-state index contributed by atoms with van der Waals surface area (Å²) in [6, 6.07) is 13.5. The normalized spacial score (nSPS) is 10.7. The van der Waals surface area contributed by atoms with E-state index in [0.717, 1.165) is 17.5 Å². The lowest BCUT2D eigenvalue weighted by molar-refractivity contribution is -0.120. The zero-order chi connectivity index (χ0) is 18.1. The Labute approximate surface area is 148 Å². The van der Waals surface area contributed by atoms with Crippen molar-refractivity contribution < 1.29 is 14.3 Å². The van der Waals surface area contributed by atoms with Gasteiger partial charge < -0.3 is 9.47 Å². The lowest BCUT2D eigenvalue weighted by Crippen LogP contribution is -2.19. The molecule has 0 fully saturated rings. The Balaban J connectivity index is 1.92. The molecule has 5 heteroatoms. The first kappa shape index (κ1) is 18.5. The molecular formula is C20H24N2O3. The monoisotopic (exact) mass is 340 g/mol. The SMILES string of the molecule is CCOc1ccc(/C=N/NC(=O)Cc2ccc(CC)cc2)cc1OC. The number of amides is 1. The standard InChI is InChI=1S/C20H24N2O3/c1-4-15-6-8-16(9-7-15)13-20(23)22-21-14-17-10-11-18(25-5-2)19(12-17)24-3/h6-12,14H,4-5,13H2,1-3H3,(H,22,23)/b21-14+. The van der Waals surface area contributed by atoms with E-state index in [2.05, 4.69) is 17.5 Å². The molecule has 1 N–H and O–H groups in total. The molecule has 2 aromatic rings. The second-order valence-electron chi connectivity index (χ2n) is 5.48. The van der Waals surface area contributed by atoms with Crippen LogP contribution in [0.1, 0.15) is 30.5 Å². The molecule has 2 rings (SSSR count). The third-order valence-electron chi connectivity index (χ3n) is 3.69. The second-order valence-corrected chi connectivity index (χ2v) is 5.48. The molecule has 1 amide bonds. The molecule has 0 unspecified atom stereocenters. The Bertz CT molecular complexity index is 724. The summed E-state index contributed by atoms with van der Waals surface area (Å²) < 4.78 is 10.8. The van der Waals surface area contributed by atoms with Crippen molar-refractivity contribution >= 4 is 12.1 Å². The van der Waals surface area contributed by atoms with E-state index in [1.54, 1.807) is 13.3 Å². The minimum Gasteiger partial charge on any atom is -0.493 e. The summed E-state index contributed by atoms with van der Waals surface area (Å²) in [5.41, 5.74) is 5.58. The molecule has 0 spiro atoms. The molecule has 0 aromatic heterocycles. The highest BCUT2D eigenvalue weighted by atomic mass is 16.5. The molecule has 0 atom stereocenters. The molecular weight excluding hydrogens is 316 g/mol. The summed E-state index contributed by atoms with van der Waals surface area (Å²) >= 11 is 0. The third kappa shape index (κ3) is 5.64. The summed E-state index contributed by atoms with van der Waals surface area (Å²) in [6.45, 7) is 4.59. The Hall–Kier alpha value is -2.82. The summed E-state index contributed by atoms with van der Waals surface area (Å²) in [7, 11) is 1.59. The van der Waals surface area contributed by atoms with Gasteiger partial charge in [-0.25, -0.2) is 5.43 Å². The molecule has 5 nitrogen and oxygen atoms in total. The zero-order valence-electron chi connectivity index (χ0n) is 14.9. The quantitative estimate of drug-likeness (QED) is 0.592. The van der Waals surface area contributed by atoms with E-state index in [9.17, 15) is 4.79 Å². The predicted octanol–water partition coefficient (Wildman–Crippen LogP) is 3.35.